The third-order valence-electron chi connectivity index (χ3n) is 12.1. The molecule has 0 fully saturated rings. The average Bonchev–Trinajstić information content (AvgIpc) is 3.83. The fraction of sp³-hybridized carbons (Fsp3) is 0.0909. The van der Waals surface area contributed by atoms with Crippen molar-refractivity contribution in [3.05, 3.63) is 268 Å². The Morgan fingerprint density at radius 3 is 1.36 bits per heavy atom. The van der Waals surface area contributed by atoms with E-state index in [0.717, 1.165) is 12.8 Å². The van der Waals surface area contributed by atoms with E-state index in [1.807, 2.05) is 0 Å². The van der Waals surface area contributed by atoms with E-state index in [-0.39, 0.29) is 11.8 Å². The molecule has 1 atom stereocenters. The van der Waals surface area contributed by atoms with Crippen LogP contribution in [0, 0.1) is 0 Å². The summed E-state index contributed by atoms with van der Waals surface area (Å²) >= 11 is 0. The molecule has 0 heteroatoms. The van der Waals surface area contributed by atoms with Gasteiger partial charge in [-0.25, -0.2) is 0 Å². The van der Waals surface area contributed by atoms with Crippen molar-refractivity contribution < 1.29 is 0 Å². The van der Waals surface area contributed by atoms with Gasteiger partial charge in [-0.15, -0.1) is 0 Å². The van der Waals surface area contributed by atoms with Crippen LogP contribution in [0.4, 0.5) is 0 Å². The number of rotatable bonds is 9. The second kappa shape index (κ2) is 14.0. The number of hydrogen-bond donors (Lipinski definition) is 0. The van der Waals surface area contributed by atoms with Gasteiger partial charge in [0.25, 0.3) is 0 Å². The zero-order valence-electron chi connectivity index (χ0n) is 30.9. The van der Waals surface area contributed by atoms with Gasteiger partial charge in [-0.1, -0.05) is 218 Å². The lowest BCUT2D eigenvalue weighted by Crippen LogP contribution is -2.40. The van der Waals surface area contributed by atoms with Crippen molar-refractivity contribution in [2.24, 2.45) is 0 Å². The molecule has 0 saturated carbocycles. The molecular weight excluding hydrogens is 661 g/mol. The van der Waals surface area contributed by atoms with Crippen LogP contribution in [-0.4, -0.2) is 0 Å². The molecule has 8 aromatic rings. The Morgan fingerprint density at radius 2 is 0.855 bits per heavy atom. The largest absolute Gasteiger partial charge is 0.0751 e. The molecule has 0 N–H and O–H groups in total. The summed E-state index contributed by atoms with van der Waals surface area (Å²) in [5.74, 6) is 0.0706. The minimum absolute atomic E-state index is 0.0261. The monoisotopic (exact) mass is 702 g/mol. The first-order valence-electron chi connectivity index (χ1n) is 19.6. The average molecular weight is 703 g/mol. The van der Waals surface area contributed by atoms with Gasteiger partial charge in [0.2, 0.25) is 0 Å². The van der Waals surface area contributed by atoms with Gasteiger partial charge in [0.15, 0.2) is 0 Å². The lowest BCUT2D eigenvalue weighted by molar-refractivity contribution is 0.417. The quantitative estimate of drug-likeness (QED) is 0.140. The van der Waals surface area contributed by atoms with Gasteiger partial charge in [-0.05, 0) is 90.7 Å². The van der Waals surface area contributed by atoms with E-state index in [9.17, 15) is 0 Å². The molecule has 2 aliphatic carbocycles. The molecule has 0 bridgehead atoms. The zero-order valence-corrected chi connectivity index (χ0v) is 30.9. The van der Waals surface area contributed by atoms with Crippen molar-refractivity contribution in [3.8, 4) is 22.3 Å². The molecule has 0 nitrogen and oxygen atoms in total. The van der Waals surface area contributed by atoms with Gasteiger partial charge in [0.05, 0.1) is 0 Å². The predicted octanol–water partition coefficient (Wildman–Crippen LogP) is 13.4. The topological polar surface area (TPSA) is 0 Å². The number of hydrogen-bond acceptors (Lipinski definition) is 0. The highest BCUT2D eigenvalue weighted by molar-refractivity contribution is 5.84. The Morgan fingerprint density at radius 1 is 0.382 bits per heavy atom. The summed E-state index contributed by atoms with van der Waals surface area (Å²) in [4.78, 5) is 0. The van der Waals surface area contributed by atoms with Crippen molar-refractivity contribution in [2.45, 2.75) is 30.1 Å². The van der Waals surface area contributed by atoms with Crippen LogP contribution in [0.5, 0.6) is 0 Å². The van der Waals surface area contributed by atoms with Crippen molar-refractivity contribution >= 4 is 6.08 Å². The molecular formula is C55H42. The highest BCUT2D eigenvalue weighted by Gasteiger charge is 2.54. The molecule has 0 radical (unpaired) electrons. The van der Waals surface area contributed by atoms with Crippen LogP contribution in [0.2, 0.25) is 0 Å². The fourth-order valence-corrected chi connectivity index (χ4v) is 9.82. The minimum atomic E-state index is -0.494. The summed E-state index contributed by atoms with van der Waals surface area (Å²) in [6.07, 6.45) is 6.70. The Hall–Kier alpha value is -6.50. The van der Waals surface area contributed by atoms with E-state index >= 15 is 0 Å². The van der Waals surface area contributed by atoms with Gasteiger partial charge in [0, 0.05) is 17.3 Å². The molecule has 0 saturated heterocycles. The SMILES string of the molecule is C1=CC(C(c2ccccc2)(c2ccccc2)C2c3cc(Cc4ccccc4)ccc3-c3ccc(Cc4ccccc4)cc32)c2c1cccc2-c1ccccc1. The predicted molar refractivity (Wildman–Crippen MR) is 230 cm³/mol. The lowest BCUT2D eigenvalue weighted by Gasteiger charge is -2.46. The molecule has 0 amide bonds. The van der Waals surface area contributed by atoms with Gasteiger partial charge in [0.1, 0.15) is 0 Å². The smallest absolute Gasteiger partial charge is 0.0415 e. The van der Waals surface area contributed by atoms with E-state index in [0.29, 0.717) is 0 Å². The maximum Gasteiger partial charge on any atom is 0.0415 e. The van der Waals surface area contributed by atoms with Crippen molar-refractivity contribution in [2.75, 3.05) is 0 Å². The van der Waals surface area contributed by atoms with E-state index in [4.69, 9.17) is 0 Å². The van der Waals surface area contributed by atoms with Gasteiger partial charge < -0.3 is 0 Å². The van der Waals surface area contributed by atoms with Crippen molar-refractivity contribution in [3.63, 3.8) is 0 Å². The van der Waals surface area contributed by atoms with Crippen LogP contribution in [0.3, 0.4) is 0 Å². The van der Waals surface area contributed by atoms with Crippen LogP contribution in [0.25, 0.3) is 28.3 Å². The molecule has 0 spiro atoms. The first-order chi connectivity index (χ1) is 27.3. The summed E-state index contributed by atoms with van der Waals surface area (Å²) < 4.78 is 0. The van der Waals surface area contributed by atoms with Crippen LogP contribution >= 0.6 is 0 Å². The summed E-state index contributed by atoms with van der Waals surface area (Å²) in [5.41, 5.74) is 18.3. The zero-order chi connectivity index (χ0) is 36.6. The second-order valence-electron chi connectivity index (χ2n) is 15.2. The Labute approximate surface area is 325 Å². The lowest BCUT2D eigenvalue weighted by atomic mass is 9.55. The first-order valence-corrected chi connectivity index (χ1v) is 19.6. The van der Waals surface area contributed by atoms with Gasteiger partial charge in [-0.2, -0.15) is 0 Å². The summed E-state index contributed by atoms with van der Waals surface area (Å²) in [5, 5.41) is 0. The molecule has 10 rings (SSSR count). The fourth-order valence-electron chi connectivity index (χ4n) is 9.82. The Kier molecular flexibility index (Phi) is 8.45. The molecule has 1 unspecified atom stereocenters. The number of benzene rings is 8. The van der Waals surface area contributed by atoms with E-state index in [1.54, 1.807) is 0 Å². The van der Waals surface area contributed by atoms with E-state index < -0.39 is 5.41 Å². The molecule has 8 aromatic carbocycles. The molecule has 262 valence electrons. The third-order valence-corrected chi connectivity index (χ3v) is 12.1. The number of allylic oxidation sites excluding steroid dienone is 1. The summed E-state index contributed by atoms with van der Waals surface area (Å²) in [7, 11) is 0. The third kappa shape index (κ3) is 5.77. The highest BCUT2D eigenvalue weighted by atomic mass is 14.5. The van der Waals surface area contributed by atoms with Crippen LogP contribution in [0.15, 0.2) is 212 Å². The summed E-state index contributed by atoms with van der Waals surface area (Å²) in [6.45, 7) is 0. The molecule has 2 aliphatic rings. The molecule has 0 aliphatic heterocycles. The first kappa shape index (κ1) is 33.1. The summed E-state index contributed by atoms with van der Waals surface area (Å²) in [6, 6.07) is 77.2. The van der Waals surface area contributed by atoms with Gasteiger partial charge >= 0.3 is 0 Å². The van der Waals surface area contributed by atoms with Crippen molar-refractivity contribution in [1.82, 2.24) is 0 Å². The molecule has 55 heavy (non-hydrogen) atoms. The highest BCUT2D eigenvalue weighted by Crippen LogP contribution is 2.64. The Bertz CT molecular complexity index is 2490. The second-order valence-corrected chi connectivity index (χ2v) is 15.2. The normalized spacial score (nSPS) is 14.4. The van der Waals surface area contributed by atoms with Crippen LogP contribution in [-0.2, 0) is 18.3 Å². The minimum Gasteiger partial charge on any atom is -0.0751 e. The Balaban J connectivity index is 1.28. The van der Waals surface area contributed by atoms with Gasteiger partial charge in [-0.3, -0.25) is 0 Å². The number of fused-ring (bicyclic) bond motifs is 4. The standard InChI is InChI=1S/C55H42/c1-6-17-39(18-7-1)35-41-29-32-48-49-33-30-42(36-40-19-8-2-9-20-40)38-51(49)54(50(48)37-41)55(45-24-12-4-13-25-45,46-26-14-5-15-27-46)52-34-31-44-23-16-28-47(53(44)52)43-21-10-3-11-22-43/h1-34,37-38,52,54H,35-36H2. The maximum atomic E-state index is 2.55. The van der Waals surface area contributed by atoms with Crippen molar-refractivity contribution in [1.29, 1.82) is 0 Å². The van der Waals surface area contributed by atoms with E-state index in [2.05, 4.69) is 218 Å². The molecule has 0 heterocycles. The van der Waals surface area contributed by atoms with Crippen LogP contribution in [0.1, 0.15) is 67.5 Å². The van der Waals surface area contributed by atoms with E-state index in [1.165, 1.54) is 77.9 Å². The maximum absolute atomic E-state index is 2.55. The van der Waals surface area contributed by atoms with Crippen LogP contribution < -0.4 is 0 Å². The molecule has 0 aromatic heterocycles.